The Morgan fingerprint density at radius 1 is 1.04 bits per heavy atom. The highest BCUT2D eigenvalue weighted by molar-refractivity contribution is 14.1. The largest absolute Gasteiger partial charge is 0.493 e. The van der Waals surface area contributed by atoms with Crippen LogP contribution in [-0.2, 0) is 17.6 Å². The van der Waals surface area contributed by atoms with Gasteiger partial charge in [0.05, 0.1) is 37.1 Å². The Bertz CT molecular complexity index is 773. The molecule has 0 saturated heterocycles. The molecule has 0 radical (unpaired) electrons. The maximum atomic E-state index is 12.5. The Hall–Kier alpha value is -2.09. The van der Waals surface area contributed by atoms with Crippen molar-refractivity contribution in [3.63, 3.8) is 0 Å². The number of halogens is 1. The van der Waals surface area contributed by atoms with Crippen LogP contribution in [-0.4, -0.2) is 32.4 Å². The minimum atomic E-state index is -0.177. The molecule has 1 N–H and O–H groups in total. The van der Waals surface area contributed by atoms with E-state index >= 15 is 0 Å². The fourth-order valence-electron chi connectivity index (χ4n) is 2.56. The van der Waals surface area contributed by atoms with E-state index in [2.05, 4.69) is 15.4 Å². The zero-order chi connectivity index (χ0) is 18.9. The van der Waals surface area contributed by atoms with E-state index in [0.29, 0.717) is 30.2 Å². The van der Waals surface area contributed by atoms with Crippen LogP contribution in [0, 0.1) is 0 Å². The average Bonchev–Trinajstić information content (AvgIpc) is 2.69. The molecule has 1 amide bonds. The number of carbonyl (C=O) groups excluding carboxylic acids is 1. The molecule has 0 aromatic heterocycles. The van der Waals surface area contributed by atoms with Gasteiger partial charge in [0, 0.05) is 12.1 Å². The molecule has 0 aliphatic heterocycles. The van der Waals surface area contributed by atoms with Crippen LogP contribution in [0.15, 0.2) is 45.7 Å². The number of hydrogen-bond acceptors (Lipinski definition) is 4. The second kappa shape index (κ2) is 10.2. The SMILES string of the molecule is CCc1ccc(C(=NI)C(=O)NCCc2ccc(OC)c(OC)c2)cc1. The Labute approximate surface area is 168 Å². The highest BCUT2D eigenvalue weighted by atomic mass is 127. The topological polar surface area (TPSA) is 59.9 Å². The Morgan fingerprint density at radius 3 is 2.27 bits per heavy atom. The van der Waals surface area contributed by atoms with Crippen LogP contribution < -0.4 is 14.8 Å². The fraction of sp³-hybridized carbons (Fsp3) is 0.300. The van der Waals surface area contributed by atoms with E-state index in [9.17, 15) is 4.79 Å². The van der Waals surface area contributed by atoms with E-state index in [0.717, 1.165) is 17.5 Å². The van der Waals surface area contributed by atoms with E-state index in [-0.39, 0.29) is 5.91 Å². The van der Waals surface area contributed by atoms with Crippen molar-refractivity contribution in [2.45, 2.75) is 19.8 Å². The van der Waals surface area contributed by atoms with Gasteiger partial charge in [-0.15, -0.1) is 0 Å². The Kier molecular flexibility index (Phi) is 7.90. The molecular formula is C20H23IN2O3. The Morgan fingerprint density at radius 2 is 1.69 bits per heavy atom. The summed E-state index contributed by atoms with van der Waals surface area (Å²) in [5.41, 5.74) is 3.54. The molecule has 6 heteroatoms. The molecule has 2 rings (SSSR count). The zero-order valence-electron chi connectivity index (χ0n) is 15.2. The quantitative estimate of drug-likeness (QED) is 0.476. The third kappa shape index (κ3) is 5.20. The molecule has 0 bridgehead atoms. The molecule has 2 aromatic carbocycles. The van der Waals surface area contributed by atoms with Gasteiger partial charge < -0.3 is 14.8 Å². The van der Waals surface area contributed by atoms with Crippen LogP contribution in [0.1, 0.15) is 23.6 Å². The summed E-state index contributed by atoms with van der Waals surface area (Å²) in [5, 5.41) is 2.93. The predicted molar refractivity (Wildman–Crippen MR) is 113 cm³/mol. The number of aryl methyl sites for hydroxylation is 1. The number of hydrogen-bond donors (Lipinski definition) is 1. The van der Waals surface area contributed by atoms with Gasteiger partial charge >= 0.3 is 0 Å². The van der Waals surface area contributed by atoms with Crippen LogP contribution in [0.3, 0.4) is 0 Å². The number of nitrogens with zero attached hydrogens (tertiary/aromatic N) is 1. The molecule has 0 fully saturated rings. The van der Waals surface area contributed by atoms with Gasteiger partial charge in [-0.2, -0.15) is 0 Å². The summed E-state index contributed by atoms with van der Waals surface area (Å²) in [5.74, 6) is 1.20. The highest BCUT2D eigenvalue weighted by Crippen LogP contribution is 2.27. The van der Waals surface area contributed by atoms with Crippen LogP contribution in [0.25, 0.3) is 0 Å². The number of benzene rings is 2. The van der Waals surface area contributed by atoms with Gasteiger partial charge in [-0.25, -0.2) is 3.21 Å². The molecule has 0 heterocycles. The standard InChI is InChI=1S/C20H23IN2O3/c1-4-14-5-8-16(9-6-14)19(23-21)20(24)22-12-11-15-7-10-17(25-2)18(13-15)26-3/h5-10,13H,4,11-12H2,1-3H3,(H,22,24). The van der Waals surface area contributed by atoms with Crippen molar-refractivity contribution in [1.29, 1.82) is 0 Å². The molecule has 0 aliphatic rings. The number of ether oxygens (including phenoxy) is 2. The van der Waals surface area contributed by atoms with Crippen molar-refractivity contribution in [3.05, 3.63) is 59.2 Å². The highest BCUT2D eigenvalue weighted by Gasteiger charge is 2.13. The van der Waals surface area contributed by atoms with E-state index in [1.165, 1.54) is 5.56 Å². The first kappa shape index (κ1) is 20.2. The molecule has 2 aromatic rings. The summed E-state index contributed by atoms with van der Waals surface area (Å²) in [6.07, 6.45) is 1.66. The number of rotatable bonds is 8. The van der Waals surface area contributed by atoms with E-state index < -0.39 is 0 Å². The fourth-order valence-corrected chi connectivity index (χ4v) is 3.05. The molecule has 5 nitrogen and oxygen atoms in total. The normalized spacial score (nSPS) is 11.2. The van der Waals surface area contributed by atoms with Gasteiger partial charge in [0.25, 0.3) is 5.91 Å². The van der Waals surface area contributed by atoms with Gasteiger partial charge in [-0.3, -0.25) is 4.79 Å². The second-order valence-electron chi connectivity index (χ2n) is 5.68. The van der Waals surface area contributed by atoms with Gasteiger partial charge in [0.1, 0.15) is 5.71 Å². The van der Waals surface area contributed by atoms with Crippen LogP contribution in [0.5, 0.6) is 11.5 Å². The predicted octanol–water partition coefficient (Wildman–Crippen LogP) is 3.76. The summed E-state index contributed by atoms with van der Waals surface area (Å²) in [6, 6.07) is 13.7. The molecule has 0 spiro atoms. The average molecular weight is 466 g/mol. The minimum Gasteiger partial charge on any atom is -0.493 e. The number of methoxy groups -OCH3 is 2. The van der Waals surface area contributed by atoms with E-state index in [4.69, 9.17) is 9.47 Å². The van der Waals surface area contributed by atoms with Crippen molar-refractivity contribution < 1.29 is 14.3 Å². The maximum absolute atomic E-state index is 12.5. The molecule has 0 atom stereocenters. The van der Waals surface area contributed by atoms with Crippen molar-refractivity contribution in [1.82, 2.24) is 5.32 Å². The second-order valence-corrected chi connectivity index (χ2v) is 6.16. The van der Waals surface area contributed by atoms with Gasteiger partial charge in [0.2, 0.25) is 0 Å². The summed E-state index contributed by atoms with van der Waals surface area (Å²) in [6.45, 7) is 2.61. The summed E-state index contributed by atoms with van der Waals surface area (Å²) >= 11 is 1.86. The number of nitrogens with one attached hydrogen (secondary N) is 1. The van der Waals surface area contributed by atoms with Crippen molar-refractivity contribution in [2.75, 3.05) is 20.8 Å². The lowest BCUT2D eigenvalue weighted by Gasteiger charge is -2.11. The molecule has 0 saturated carbocycles. The van der Waals surface area contributed by atoms with Crippen molar-refractivity contribution in [2.24, 2.45) is 3.21 Å². The van der Waals surface area contributed by atoms with Gasteiger partial charge in [-0.05, 0) is 36.1 Å². The maximum Gasteiger partial charge on any atom is 0.271 e. The van der Waals surface area contributed by atoms with Crippen LogP contribution in [0.4, 0.5) is 0 Å². The van der Waals surface area contributed by atoms with Crippen molar-refractivity contribution >= 4 is 34.5 Å². The lowest BCUT2D eigenvalue weighted by atomic mass is 10.1. The third-order valence-electron chi connectivity index (χ3n) is 4.08. The first-order chi connectivity index (χ1) is 12.6. The number of carbonyl (C=O) groups is 1. The third-order valence-corrected chi connectivity index (χ3v) is 4.56. The summed E-state index contributed by atoms with van der Waals surface area (Å²) in [7, 11) is 3.21. The van der Waals surface area contributed by atoms with Crippen LogP contribution >= 0.6 is 22.9 Å². The molecule has 138 valence electrons. The zero-order valence-corrected chi connectivity index (χ0v) is 17.4. The van der Waals surface area contributed by atoms with Gasteiger partial charge in [0.15, 0.2) is 11.5 Å². The minimum absolute atomic E-state index is 0.177. The summed E-state index contributed by atoms with van der Waals surface area (Å²) < 4.78 is 14.7. The van der Waals surface area contributed by atoms with Crippen LogP contribution in [0.2, 0.25) is 0 Å². The summed E-state index contributed by atoms with van der Waals surface area (Å²) in [4.78, 5) is 12.5. The molecule has 0 aliphatic carbocycles. The first-order valence-corrected chi connectivity index (χ1v) is 9.36. The van der Waals surface area contributed by atoms with Crippen molar-refractivity contribution in [3.8, 4) is 11.5 Å². The number of amides is 1. The smallest absolute Gasteiger partial charge is 0.271 e. The molecular weight excluding hydrogens is 443 g/mol. The lowest BCUT2D eigenvalue weighted by Crippen LogP contribution is -2.32. The van der Waals surface area contributed by atoms with E-state index in [1.807, 2.05) is 65.3 Å². The lowest BCUT2D eigenvalue weighted by molar-refractivity contribution is -0.114. The molecule has 26 heavy (non-hydrogen) atoms. The van der Waals surface area contributed by atoms with E-state index in [1.54, 1.807) is 14.2 Å². The monoisotopic (exact) mass is 466 g/mol. The first-order valence-electron chi connectivity index (χ1n) is 8.40. The molecule has 0 unspecified atom stereocenters. The Balaban J connectivity index is 1.96. The van der Waals surface area contributed by atoms with Gasteiger partial charge in [-0.1, -0.05) is 37.3 Å².